The van der Waals surface area contributed by atoms with Gasteiger partial charge >= 0.3 is 0 Å². The lowest BCUT2D eigenvalue weighted by molar-refractivity contribution is 0.177. The Kier molecular flexibility index (Phi) is 4.84. The van der Waals surface area contributed by atoms with Crippen LogP contribution in [-0.4, -0.2) is 20.1 Å². The van der Waals surface area contributed by atoms with Gasteiger partial charge in [-0.3, -0.25) is 0 Å². The van der Waals surface area contributed by atoms with Crippen LogP contribution in [0.4, 0.5) is 13.2 Å². The molecule has 0 radical (unpaired) electrons. The molecule has 118 valence electrons. The predicted molar refractivity (Wildman–Crippen MR) is 72.9 cm³/mol. The molecule has 0 heterocycles. The van der Waals surface area contributed by atoms with Gasteiger partial charge in [-0.15, -0.1) is 0 Å². The van der Waals surface area contributed by atoms with Crippen LogP contribution in [0.2, 0.25) is 0 Å². The molecule has 0 fully saturated rings. The molecule has 0 bridgehead atoms. The Morgan fingerprint density at radius 2 is 1.68 bits per heavy atom. The van der Waals surface area contributed by atoms with Crippen LogP contribution in [0, 0.1) is 17.5 Å². The summed E-state index contributed by atoms with van der Waals surface area (Å²) in [4.78, 5) is -0.493. The van der Waals surface area contributed by atoms with Crippen molar-refractivity contribution in [3.63, 3.8) is 0 Å². The van der Waals surface area contributed by atoms with E-state index in [9.17, 15) is 26.7 Å². The number of aliphatic hydroxyl groups excluding tert-OH is 1. The molecule has 22 heavy (non-hydrogen) atoms. The Hall–Kier alpha value is -1.90. The van der Waals surface area contributed by atoms with Gasteiger partial charge in [0.1, 0.15) is 5.82 Å². The quantitative estimate of drug-likeness (QED) is 0.882. The highest BCUT2D eigenvalue weighted by atomic mass is 32.2. The monoisotopic (exact) mass is 331 g/mol. The van der Waals surface area contributed by atoms with Crippen LogP contribution < -0.4 is 4.72 Å². The van der Waals surface area contributed by atoms with E-state index in [0.717, 1.165) is 12.1 Å². The smallest absolute Gasteiger partial charge is 0.240 e. The SMILES string of the molecule is O=S(=O)(NC[C@@H](O)c1ccccc1F)c1ccc(F)c(F)c1. The molecule has 0 aliphatic rings. The standard InChI is InChI=1S/C14H12F3NO3S/c15-11-4-2-1-3-10(11)14(19)8-18-22(20,21)9-5-6-12(16)13(17)7-9/h1-7,14,18-19H,8H2/t14-/m1/s1. The molecule has 0 spiro atoms. The molecule has 0 aliphatic heterocycles. The van der Waals surface area contributed by atoms with Crippen molar-refractivity contribution in [2.45, 2.75) is 11.0 Å². The van der Waals surface area contributed by atoms with Gasteiger partial charge in [-0.05, 0) is 24.3 Å². The van der Waals surface area contributed by atoms with Gasteiger partial charge in [0.15, 0.2) is 11.6 Å². The molecule has 0 saturated heterocycles. The molecule has 0 saturated carbocycles. The molecule has 0 aliphatic carbocycles. The van der Waals surface area contributed by atoms with Gasteiger partial charge in [0, 0.05) is 12.1 Å². The third kappa shape index (κ3) is 3.65. The summed E-state index contributed by atoms with van der Waals surface area (Å²) in [5, 5.41) is 9.81. The van der Waals surface area contributed by atoms with Gasteiger partial charge < -0.3 is 5.11 Å². The minimum atomic E-state index is -4.15. The zero-order valence-electron chi connectivity index (χ0n) is 11.1. The highest BCUT2D eigenvalue weighted by molar-refractivity contribution is 7.89. The fraction of sp³-hybridized carbons (Fsp3) is 0.143. The highest BCUT2D eigenvalue weighted by Gasteiger charge is 2.19. The van der Waals surface area contributed by atoms with Crippen molar-refractivity contribution in [1.82, 2.24) is 4.72 Å². The summed E-state index contributed by atoms with van der Waals surface area (Å²) in [6.07, 6.45) is -1.42. The van der Waals surface area contributed by atoms with Gasteiger partial charge in [0.25, 0.3) is 0 Å². The lowest BCUT2D eigenvalue weighted by atomic mass is 10.1. The summed E-state index contributed by atoms with van der Waals surface area (Å²) < 4.78 is 65.1. The second-order valence-electron chi connectivity index (χ2n) is 4.47. The van der Waals surface area contributed by atoms with E-state index >= 15 is 0 Å². The molecule has 2 aromatic carbocycles. The molecule has 0 aromatic heterocycles. The Balaban J connectivity index is 2.13. The molecule has 2 N–H and O–H groups in total. The molecule has 4 nitrogen and oxygen atoms in total. The molecular formula is C14H12F3NO3S. The van der Waals surface area contributed by atoms with Crippen molar-refractivity contribution < 1.29 is 26.7 Å². The van der Waals surface area contributed by atoms with Crippen LogP contribution >= 0.6 is 0 Å². The van der Waals surface area contributed by atoms with Crippen molar-refractivity contribution in [1.29, 1.82) is 0 Å². The first-order valence-corrected chi connectivity index (χ1v) is 7.67. The molecule has 0 unspecified atom stereocenters. The van der Waals surface area contributed by atoms with Gasteiger partial charge in [-0.25, -0.2) is 26.3 Å². The largest absolute Gasteiger partial charge is 0.387 e. The number of hydrogen-bond donors (Lipinski definition) is 2. The number of nitrogens with one attached hydrogen (secondary N) is 1. The zero-order chi connectivity index (χ0) is 16.3. The minimum absolute atomic E-state index is 0.0736. The summed E-state index contributed by atoms with van der Waals surface area (Å²) in [6.45, 7) is -0.512. The molecule has 2 aromatic rings. The predicted octanol–water partition coefficient (Wildman–Crippen LogP) is 2.12. The Morgan fingerprint density at radius 3 is 2.32 bits per heavy atom. The number of benzene rings is 2. The van der Waals surface area contributed by atoms with Gasteiger partial charge in [-0.1, -0.05) is 18.2 Å². The van der Waals surface area contributed by atoms with E-state index in [1.165, 1.54) is 18.2 Å². The Bertz CT molecular complexity index is 781. The fourth-order valence-corrected chi connectivity index (χ4v) is 2.82. The van der Waals surface area contributed by atoms with Crippen molar-refractivity contribution in [3.05, 3.63) is 65.5 Å². The lowest BCUT2D eigenvalue weighted by Crippen LogP contribution is -2.29. The second kappa shape index (κ2) is 6.47. The average Bonchev–Trinajstić information content (AvgIpc) is 2.48. The number of halogens is 3. The van der Waals surface area contributed by atoms with E-state index in [2.05, 4.69) is 0 Å². The summed E-state index contributed by atoms with van der Waals surface area (Å²) in [7, 11) is -4.15. The first-order chi connectivity index (χ1) is 10.3. The van der Waals surface area contributed by atoms with Crippen LogP contribution in [0.3, 0.4) is 0 Å². The zero-order valence-corrected chi connectivity index (χ0v) is 11.9. The van der Waals surface area contributed by atoms with Gasteiger partial charge in [0.05, 0.1) is 11.0 Å². The fourth-order valence-electron chi connectivity index (χ4n) is 1.77. The third-order valence-corrected chi connectivity index (χ3v) is 4.35. The first kappa shape index (κ1) is 16.5. The number of hydrogen-bond acceptors (Lipinski definition) is 3. The second-order valence-corrected chi connectivity index (χ2v) is 6.23. The molecule has 1 atom stereocenters. The summed E-state index contributed by atoms with van der Waals surface area (Å²) in [5.74, 6) is -3.16. The summed E-state index contributed by atoms with van der Waals surface area (Å²) >= 11 is 0. The lowest BCUT2D eigenvalue weighted by Gasteiger charge is -2.13. The minimum Gasteiger partial charge on any atom is -0.387 e. The third-order valence-electron chi connectivity index (χ3n) is 2.93. The number of aliphatic hydroxyl groups is 1. The topological polar surface area (TPSA) is 66.4 Å². The normalized spacial score (nSPS) is 13.1. The van der Waals surface area contributed by atoms with Crippen LogP contribution in [0.5, 0.6) is 0 Å². The van der Waals surface area contributed by atoms with E-state index < -0.39 is 45.0 Å². The maximum Gasteiger partial charge on any atom is 0.240 e. The van der Waals surface area contributed by atoms with E-state index in [0.29, 0.717) is 12.1 Å². The van der Waals surface area contributed by atoms with Crippen molar-refractivity contribution in [3.8, 4) is 0 Å². The molecular weight excluding hydrogens is 319 g/mol. The van der Waals surface area contributed by atoms with Gasteiger partial charge in [-0.2, -0.15) is 0 Å². The molecule has 0 amide bonds. The van der Waals surface area contributed by atoms with Crippen LogP contribution in [0.25, 0.3) is 0 Å². The Labute approximate surface area is 125 Å². The van der Waals surface area contributed by atoms with Crippen LogP contribution in [0.15, 0.2) is 47.4 Å². The first-order valence-electron chi connectivity index (χ1n) is 6.18. The van der Waals surface area contributed by atoms with Crippen molar-refractivity contribution >= 4 is 10.0 Å². The number of rotatable bonds is 5. The molecule has 8 heteroatoms. The van der Waals surface area contributed by atoms with E-state index in [1.807, 2.05) is 4.72 Å². The van der Waals surface area contributed by atoms with E-state index in [-0.39, 0.29) is 5.56 Å². The summed E-state index contributed by atoms with van der Waals surface area (Å²) in [6, 6.07) is 7.44. The van der Waals surface area contributed by atoms with Crippen molar-refractivity contribution in [2.24, 2.45) is 0 Å². The van der Waals surface area contributed by atoms with Crippen LogP contribution in [0.1, 0.15) is 11.7 Å². The van der Waals surface area contributed by atoms with E-state index in [1.54, 1.807) is 0 Å². The van der Waals surface area contributed by atoms with Gasteiger partial charge in [0.2, 0.25) is 10.0 Å². The van der Waals surface area contributed by atoms with Crippen LogP contribution in [-0.2, 0) is 10.0 Å². The molecule has 2 rings (SSSR count). The maximum atomic E-state index is 13.5. The Morgan fingerprint density at radius 1 is 1.00 bits per heavy atom. The van der Waals surface area contributed by atoms with Crippen molar-refractivity contribution in [2.75, 3.05) is 6.54 Å². The highest BCUT2D eigenvalue weighted by Crippen LogP contribution is 2.18. The average molecular weight is 331 g/mol. The summed E-state index contributed by atoms with van der Waals surface area (Å²) in [5.41, 5.74) is -0.0736. The van der Waals surface area contributed by atoms with E-state index in [4.69, 9.17) is 0 Å². The maximum absolute atomic E-state index is 13.5. The number of sulfonamides is 1.